The fraction of sp³-hybridized carbons (Fsp3) is 0.900. The Hall–Kier alpha value is -0.820. The van der Waals surface area contributed by atoms with Crippen molar-refractivity contribution >= 4 is 5.97 Å². The molecule has 4 nitrogen and oxygen atoms in total. The third-order valence-electron chi connectivity index (χ3n) is 2.78. The van der Waals surface area contributed by atoms with E-state index < -0.39 is 24.2 Å². The van der Waals surface area contributed by atoms with Crippen molar-refractivity contribution in [3.8, 4) is 0 Å². The second-order valence-corrected chi connectivity index (χ2v) is 4.04. The minimum atomic E-state index is -4.35. The van der Waals surface area contributed by atoms with Gasteiger partial charge in [-0.2, -0.15) is 13.2 Å². The fourth-order valence-electron chi connectivity index (χ4n) is 1.81. The second kappa shape index (κ2) is 5.22. The summed E-state index contributed by atoms with van der Waals surface area (Å²) in [5.41, 5.74) is -1.24. The van der Waals surface area contributed by atoms with Crippen LogP contribution in [0.4, 0.5) is 13.2 Å². The standard InChI is InChI=1S/C10H16F3NO3/c1-3-17-8(15)9(4-7(5-9)16-2)14-6-10(11,12)13/h7,14H,3-6H2,1-2H3. The van der Waals surface area contributed by atoms with E-state index in [1.807, 2.05) is 0 Å². The van der Waals surface area contributed by atoms with Crippen molar-refractivity contribution in [2.24, 2.45) is 0 Å². The smallest absolute Gasteiger partial charge is 0.401 e. The van der Waals surface area contributed by atoms with Crippen LogP contribution in [-0.2, 0) is 14.3 Å². The molecule has 1 aliphatic carbocycles. The molecular weight excluding hydrogens is 239 g/mol. The summed E-state index contributed by atoms with van der Waals surface area (Å²) in [4.78, 5) is 11.6. The van der Waals surface area contributed by atoms with Gasteiger partial charge in [-0.3, -0.25) is 10.1 Å². The molecule has 1 rings (SSSR count). The SMILES string of the molecule is CCOC(=O)C1(NCC(F)(F)F)CC(OC)C1. The zero-order chi connectivity index (χ0) is 13.1. The Kier molecular flexibility index (Phi) is 4.37. The summed E-state index contributed by atoms with van der Waals surface area (Å²) >= 11 is 0. The van der Waals surface area contributed by atoms with E-state index in [4.69, 9.17) is 9.47 Å². The van der Waals surface area contributed by atoms with E-state index in [1.165, 1.54) is 7.11 Å². The zero-order valence-corrected chi connectivity index (χ0v) is 9.76. The number of hydrogen-bond acceptors (Lipinski definition) is 4. The molecule has 0 aromatic carbocycles. The molecule has 1 fully saturated rings. The first kappa shape index (κ1) is 14.2. The number of ether oxygens (including phenoxy) is 2. The van der Waals surface area contributed by atoms with Crippen LogP contribution in [0.3, 0.4) is 0 Å². The monoisotopic (exact) mass is 255 g/mol. The van der Waals surface area contributed by atoms with Gasteiger partial charge in [0.2, 0.25) is 0 Å². The number of halogens is 3. The van der Waals surface area contributed by atoms with Gasteiger partial charge in [0.15, 0.2) is 0 Å². The minimum absolute atomic E-state index is 0.145. The van der Waals surface area contributed by atoms with Gasteiger partial charge in [-0.1, -0.05) is 0 Å². The predicted molar refractivity (Wildman–Crippen MR) is 53.5 cm³/mol. The van der Waals surface area contributed by atoms with Gasteiger partial charge in [-0.15, -0.1) is 0 Å². The fourth-order valence-corrected chi connectivity index (χ4v) is 1.81. The van der Waals surface area contributed by atoms with Crippen LogP contribution in [0.15, 0.2) is 0 Å². The molecule has 0 bridgehead atoms. The number of carbonyl (C=O) groups excluding carboxylic acids is 1. The van der Waals surface area contributed by atoms with Gasteiger partial charge in [0.25, 0.3) is 0 Å². The minimum Gasteiger partial charge on any atom is -0.465 e. The Morgan fingerprint density at radius 2 is 2.06 bits per heavy atom. The van der Waals surface area contributed by atoms with Gasteiger partial charge in [0.05, 0.1) is 19.3 Å². The maximum Gasteiger partial charge on any atom is 0.401 e. The zero-order valence-electron chi connectivity index (χ0n) is 9.76. The van der Waals surface area contributed by atoms with Gasteiger partial charge in [0, 0.05) is 20.0 Å². The quantitative estimate of drug-likeness (QED) is 0.751. The lowest BCUT2D eigenvalue weighted by atomic mass is 9.74. The van der Waals surface area contributed by atoms with Gasteiger partial charge in [-0.25, -0.2) is 0 Å². The first-order chi connectivity index (χ1) is 7.83. The van der Waals surface area contributed by atoms with Crippen molar-refractivity contribution in [1.29, 1.82) is 0 Å². The Morgan fingerprint density at radius 1 is 1.47 bits per heavy atom. The van der Waals surface area contributed by atoms with E-state index in [0.717, 1.165) is 0 Å². The number of carbonyl (C=O) groups is 1. The number of methoxy groups -OCH3 is 1. The maximum absolute atomic E-state index is 12.1. The normalized spacial score (nSPS) is 28.6. The summed E-state index contributed by atoms with van der Waals surface area (Å²) in [6.07, 6.45) is -4.13. The van der Waals surface area contributed by atoms with E-state index in [1.54, 1.807) is 6.92 Å². The molecule has 1 aliphatic rings. The van der Waals surface area contributed by atoms with Crippen LogP contribution in [-0.4, -0.2) is 44.0 Å². The van der Waals surface area contributed by atoms with Crippen molar-refractivity contribution in [2.75, 3.05) is 20.3 Å². The number of esters is 1. The first-order valence-corrected chi connectivity index (χ1v) is 5.35. The molecule has 0 saturated heterocycles. The molecule has 7 heteroatoms. The van der Waals surface area contributed by atoms with E-state index in [-0.39, 0.29) is 25.6 Å². The average Bonchev–Trinajstić information content (AvgIpc) is 2.15. The topological polar surface area (TPSA) is 47.6 Å². The van der Waals surface area contributed by atoms with Crippen LogP contribution in [0.5, 0.6) is 0 Å². The van der Waals surface area contributed by atoms with Gasteiger partial charge in [0.1, 0.15) is 5.54 Å². The molecule has 1 N–H and O–H groups in total. The molecular formula is C10H16F3NO3. The Morgan fingerprint density at radius 3 is 2.47 bits per heavy atom. The molecule has 1 saturated carbocycles. The number of nitrogens with one attached hydrogen (secondary N) is 1. The molecule has 0 aromatic rings. The maximum atomic E-state index is 12.1. The summed E-state index contributed by atoms with van der Waals surface area (Å²) in [5, 5.41) is 2.24. The Bertz CT molecular complexity index is 274. The molecule has 0 heterocycles. The van der Waals surface area contributed by atoms with Crippen molar-refractivity contribution in [3.05, 3.63) is 0 Å². The summed E-state index contributed by atoms with van der Waals surface area (Å²) in [7, 11) is 1.46. The van der Waals surface area contributed by atoms with Crippen LogP contribution in [0.2, 0.25) is 0 Å². The van der Waals surface area contributed by atoms with Crippen molar-refractivity contribution < 1.29 is 27.4 Å². The van der Waals surface area contributed by atoms with Crippen LogP contribution < -0.4 is 5.32 Å². The highest BCUT2D eigenvalue weighted by molar-refractivity contribution is 5.82. The third-order valence-corrected chi connectivity index (χ3v) is 2.78. The highest BCUT2D eigenvalue weighted by Gasteiger charge is 2.52. The van der Waals surface area contributed by atoms with Crippen molar-refractivity contribution in [3.63, 3.8) is 0 Å². The molecule has 0 amide bonds. The summed E-state index contributed by atoms with van der Waals surface area (Å²) < 4.78 is 46.1. The highest BCUT2D eigenvalue weighted by atomic mass is 19.4. The Balaban J connectivity index is 2.59. The largest absolute Gasteiger partial charge is 0.465 e. The van der Waals surface area contributed by atoms with Crippen LogP contribution in [0, 0.1) is 0 Å². The summed E-state index contributed by atoms with van der Waals surface area (Å²) in [6.45, 7) is 0.552. The highest BCUT2D eigenvalue weighted by Crippen LogP contribution is 2.36. The van der Waals surface area contributed by atoms with Crippen LogP contribution in [0.25, 0.3) is 0 Å². The predicted octanol–water partition coefficient (Wildman–Crippen LogP) is 1.25. The van der Waals surface area contributed by atoms with Crippen LogP contribution >= 0.6 is 0 Å². The molecule has 17 heavy (non-hydrogen) atoms. The molecule has 0 spiro atoms. The number of hydrogen-bond donors (Lipinski definition) is 1. The van der Waals surface area contributed by atoms with Gasteiger partial charge < -0.3 is 9.47 Å². The second-order valence-electron chi connectivity index (χ2n) is 4.04. The first-order valence-electron chi connectivity index (χ1n) is 5.35. The van der Waals surface area contributed by atoms with E-state index >= 15 is 0 Å². The van der Waals surface area contributed by atoms with Crippen LogP contribution in [0.1, 0.15) is 19.8 Å². The lowest BCUT2D eigenvalue weighted by molar-refractivity contribution is -0.169. The van der Waals surface area contributed by atoms with E-state index in [2.05, 4.69) is 5.32 Å². The molecule has 100 valence electrons. The number of rotatable bonds is 5. The van der Waals surface area contributed by atoms with E-state index in [0.29, 0.717) is 0 Å². The summed E-state index contributed by atoms with van der Waals surface area (Å²) in [6, 6.07) is 0. The number of alkyl halides is 3. The van der Waals surface area contributed by atoms with Gasteiger partial charge in [-0.05, 0) is 6.92 Å². The molecule has 0 radical (unpaired) electrons. The van der Waals surface area contributed by atoms with E-state index in [9.17, 15) is 18.0 Å². The molecule has 0 aromatic heterocycles. The third kappa shape index (κ3) is 3.57. The molecule has 0 unspecified atom stereocenters. The van der Waals surface area contributed by atoms with Crippen molar-refractivity contribution in [2.45, 2.75) is 37.6 Å². The Labute approximate surface area is 97.5 Å². The summed E-state index contributed by atoms with van der Waals surface area (Å²) in [5.74, 6) is -0.641. The molecule has 0 atom stereocenters. The molecule has 0 aliphatic heterocycles. The lowest BCUT2D eigenvalue weighted by Crippen LogP contribution is -2.65. The lowest BCUT2D eigenvalue weighted by Gasteiger charge is -2.45. The van der Waals surface area contributed by atoms with Crippen molar-refractivity contribution in [1.82, 2.24) is 5.32 Å². The average molecular weight is 255 g/mol. The van der Waals surface area contributed by atoms with Gasteiger partial charge >= 0.3 is 12.1 Å².